The minimum absolute atomic E-state index is 0.107. The Labute approximate surface area is 120 Å². The van der Waals surface area contributed by atoms with Crippen molar-refractivity contribution in [1.82, 2.24) is 0 Å². The molecule has 0 aliphatic heterocycles. The molecule has 0 heterocycles. The van der Waals surface area contributed by atoms with Crippen molar-refractivity contribution in [3.8, 4) is 11.5 Å². The number of benzene rings is 1. The summed E-state index contributed by atoms with van der Waals surface area (Å²) in [7, 11) is 3.33. The fraction of sp³-hybridized carbons (Fsp3) is 0.625. The van der Waals surface area contributed by atoms with Crippen molar-refractivity contribution in [2.45, 2.75) is 31.1 Å². The van der Waals surface area contributed by atoms with Gasteiger partial charge in [0.15, 0.2) is 11.5 Å². The number of ether oxygens (including phenoxy) is 2. The van der Waals surface area contributed by atoms with E-state index >= 15 is 0 Å². The van der Waals surface area contributed by atoms with Crippen LogP contribution in [0.15, 0.2) is 18.2 Å². The van der Waals surface area contributed by atoms with Gasteiger partial charge in [-0.15, -0.1) is 11.6 Å². The van der Waals surface area contributed by atoms with E-state index in [1.54, 1.807) is 14.2 Å². The van der Waals surface area contributed by atoms with E-state index in [2.05, 4.69) is 6.07 Å². The van der Waals surface area contributed by atoms with E-state index in [-0.39, 0.29) is 5.38 Å². The first-order valence-electron chi connectivity index (χ1n) is 7.09. The molecule has 0 N–H and O–H groups in total. The third kappa shape index (κ3) is 2.31. The molecule has 0 aromatic heterocycles. The highest BCUT2D eigenvalue weighted by Gasteiger charge is 2.43. The first kappa shape index (κ1) is 13.1. The fourth-order valence-corrected chi connectivity index (χ4v) is 4.37. The lowest BCUT2D eigenvalue weighted by atomic mass is 9.84. The first-order chi connectivity index (χ1) is 9.22. The van der Waals surface area contributed by atoms with Gasteiger partial charge in [0.25, 0.3) is 0 Å². The molecule has 2 aliphatic carbocycles. The number of hydrogen-bond donors (Lipinski definition) is 0. The zero-order chi connectivity index (χ0) is 13.4. The molecule has 2 nitrogen and oxygen atoms in total. The Hall–Kier alpha value is -0.890. The van der Waals surface area contributed by atoms with Crippen LogP contribution in [0.25, 0.3) is 0 Å². The number of fused-ring (bicyclic) bond motifs is 2. The summed E-state index contributed by atoms with van der Waals surface area (Å²) in [6.45, 7) is 0. The monoisotopic (exact) mass is 280 g/mol. The number of halogens is 1. The second-order valence-electron chi connectivity index (χ2n) is 5.85. The molecule has 0 radical (unpaired) electrons. The molecule has 0 spiro atoms. The Morgan fingerprint density at radius 3 is 2.47 bits per heavy atom. The summed E-state index contributed by atoms with van der Waals surface area (Å²) < 4.78 is 10.6. The van der Waals surface area contributed by atoms with Crippen LogP contribution in [0.5, 0.6) is 11.5 Å². The molecule has 2 aliphatic rings. The van der Waals surface area contributed by atoms with E-state index in [9.17, 15) is 0 Å². The van der Waals surface area contributed by atoms with Gasteiger partial charge in [-0.1, -0.05) is 12.5 Å². The van der Waals surface area contributed by atoms with Gasteiger partial charge in [0.1, 0.15) is 0 Å². The summed E-state index contributed by atoms with van der Waals surface area (Å²) in [6, 6.07) is 6.06. The van der Waals surface area contributed by atoms with Crippen LogP contribution in [0.1, 0.15) is 36.6 Å². The van der Waals surface area contributed by atoms with Crippen molar-refractivity contribution in [3.05, 3.63) is 23.8 Å². The predicted molar refractivity (Wildman–Crippen MR) is 77.1 cm³/mol. The number of rotatable bonds is 4. The Balaban J connectivity index is 1.81. The molecule has 2 saturated carbocycles. The maximum absolute atomic E-state index is 6.73. The molecule has 104 valence electrons. The third-order valence-electron chi connectivity index (χ3n) is 4.89. The molecule has 4 unspecified atom stereocenters. The van der Waals surface area contributed by atoms with Gasteiger partial charge in [-0.2, -0.15) is 0 Å². The Morgan fingerprint density at radius 2 is 1.89 bits per heavy atom. The Morgan fingerprint density at radius 1 is 1.11 bits per heavy atom. The van der Waals surface area contributed by atoms with Crippen molar-refractivity contribution in [2.24, 2.45) is 17.8 Å². The summed E-state index contributed by atoms with van der Waals surface area (Å²) in [6.07, 6.45) is 5.47. The second-order valence-corrected chi connectivity index (χ2v) is 6.33. The SMILES string of the molecule is COc1ccc(C(Cl)C2CC3CCC2C3)cc1OC. The molecule has 1 aromatic rings. The highest BCUT2D eigenvalue weighted by molar-refractivity contribution is 6.21. The summed E-state index contributed by atoms with van der Waals surface area (Å²) >= 11 is 6.73. The van der Waals surface area contributed by atoms with E-state index in [1.807, 2.05) is 12.1 Å². The van der Waals surface area contributed by atoms with Gasteiger partial charge in [-0.05, 0) is 54.7 Å². The van der Waals surface area contributed by atoms with Gasteiger partial charge in [-0.3, -0.25) is 0 Å². The van der Waals surface area contributed by atoms with Gasteiger partial charge in [0.2, 0.25) is 0 Å². The zero-order valence-electron chi connectivity index (χ0n) is 11.6. The molecule has 2 fully saturated rings. The lowest BCUT2D eigenvalue weighted by Crippen LogP contribution is -2.15. The Bertz CT molecular complexity index is 460. The summed E-state index contributed by atoms with van der Waals surface area (Å²) in [4.78, 5) is 0. The number of methoxy groups -OCH3 is 2. The van der Waals surface area contributed by atoms with E-state index in [4.69, 9.17) is 21.1 Å². The van der Waals surface area contributed by atoms with Crippen LogP contribution in [0.3, 0.4) is 0 Å². The lowest BCUT2D eigenvalue weighted by molar-refractivity contribution is 0.321. The van der Waals surface area contributed by atoms with Crippen LogP contribution >= 0.6 is 11.6 Å². The smallest absolute Gasteiger partial charge is 0.161 e. The van der Waals surface area contributed by atoms with E-state index < -0.39 is 0 Å². The van der Waals surface area contributed by atoms with Crippen molar-refractivity contribution in [2.75, 3.05) is 14.2 Å². The molecule has 0 saturated heterocycles. The van der Waals surface area contributed by atoms with Gasteiger partial charge in [-0.25, -0.2) is 0 Å². The summed E-state index contributed by atoms with van der Waals surface area (Å²) in [5.41, 5.74) is 1.16. The number of alkyl halides is 1. The molecule has 2 bridgehead atoms. The second kappa shape index (κ2) is 5.24. The standard InChI is InChI=1S/C16H21ClO2/c1-18-14-6-5-12(9-15(14)19-2)16(17)13-8-10-3-4-11(13)7-10/h5-6,9-11,13,16H,3-4,7-8H2,1-2H3. The summed E-state index contributed by atoms with van der Waals surface area (Å²) in [5.74, 6) is 3.94. The fourth-order valence-electron chi connectivity index (χ4n) is 3.92. The van der Waals surface area contributed by atoms with Crippen LogP contribution in [0.4, 0.5) is 0 Å². The zero-order valence-corrected chi connectivity index (χ0v) is 12.3. The normalized spacial score (nSPS) is 30.4. The maximum Gasteiger partial charge on any atom is 0.161 e. The van der Waals surface area contributed by atoms with Gasteiger partial charge in [0.05, 0.1) is 19.6 Å². The van der Waals surface area contributed by atoms with Crippen LogP contribution in [0.2, 0.25) is 0 Å². The Kier molecular flexibility index (Phi) is 3.62. The molecule has 3 rings (SSSR count). The van der Waals surface area contributed by atoms with Gasteiger partial charge >= 0.3 is 0 Å². The molecule has 4 atom stereocenters. The highest BCUT2D eigenvalue weighted by atomic mass is 35.5. The molecule has 19 heavy (non-hydrogen) atoms. The highest BCUT2D eigenvalue weighted by Crippen LogP contribution is 2.54. The molecular formula is C16H21ClO2. The van der Waals surface area contributed by atoms with E-state index in [0.29, 0.717) is 5.92 Å². The van der Waals surface area contributed by atoms with Crippen LogP contribution in [0, 0.1) is 17.8 Å². The van der Waals surface area contributed by atoms with Crippen molar-refractivity contribution in [1.29, 1.82) is 0 Å². The predicted octanol–water partition coefficient (Wildman–Crippen LogP) is 4.42. The average molecular weight is 281 g/mol. The largest absolute Gasteiger partial charge is 0.493 e. The molecule has 0 amide bonds. The van der Waals surface area contributed by atoms with Crippen LogP contribution in [-0.4, -0.2) is 14.2 Å². The van der Waals surface area contributed by atoms with E-state index in [0.717, 1.165) is 28.9 Å². The number of hydrogen-bond acceptors (Lipinski definition) is 2. The van der Waals surface area contributed by atoms with Crippen molar-refractivity contribution in [3.63, 3.8) is 0 Å². The molecule has 1 aromatic carbocycles. The summed E-state index contributed by atoms with van der Waals surface area (Å²) in [5, 5.41) is 0.107. The van der Waals surface area contributed by atoms with Crippen molar-refractivity contribution < 1.29 is 9.47 Å². The van der Waals surface area contributed by atoms with Crippen LogP contribution in [-0.2, 0) is 0 Å². The van der Waals surface area contributed by atoms with Gasteiger partial charge in [0, 0.05) is 0 Å². The topological polar surface area (TPSA) is 18.5 Å². The van der Waals surface area contributed by atoms with E-state index in [1.165, 1.54) is 25.7 Å². The average Bonchev–Trinajstić information content (AvgIpc) is 3.08. The van der Waals surface area contributed by atoms with Gasteiger partial charge < -0.3 is 9.47 Å². The minimum Gasteiger partial charge on any atom is -0.493 e. The van der Waals surface area contributed by atoms with Crippen LogP contribution < -0.4 is 9.47 Å². The maximum atomic E-state index is 6.73. The lowest BCUT2D eigenvalue weighted by Gasteiger charge is -2.27. The molecular weight excluding hydrogens is 260 g/mol. The minimum atomic E-state index is 0.107. The first-order valence-corrected chi connectivity index (χ1v) is 7.52. The molecule has 3 heteroatoms. The quantitative estimate of drug-likeness (QED) is 0.760. The third-order valence-corrected chi connectivity index (χ3v) is 5.47. The van der Waals surface area contributed by atoms with Crippen molar-refractivity contribution >= 4 is 11.6 Å².